The number of hydrogen-bond donors (Lipinski definition) is 2. The molecule has 2 aromatic heterocycles. The molecule has 11 heteroatoms. The third-order valence-corrected chi connectivity index (χ3v) is 4.74. The Kier molecular flexibility index (Phi) is 6.23. The molecule has 0 unspecified atom stereocenters. The number of nitrogens with one attached hydrogen (secondary N) is 1. The highest BCUT2D eigenvalue weighted by Crippen LogP contribution is 2.27. The number of anilines is 1. The largest absolute Gasteiger partial charge is 0.481 e. The van der Waals surface area contributed by atoms with Gasteiger partial charge in [0, 0.05) is 28.0 Å². The van der Waals surface area contributed by atoms with Crippen LogP contribution in [-0.4, -0.2) is 36.5 Å². The van der Waals surface area contributed by atoms with E-state index in [0.717, 1.165) is 0 Å². The van der Waals surface area contributed by atoms with Crippen molar-refractivity contribution in [3.8, 4) is 0 Å². The molecule has 0 saturated heterocycles. The smallest absolute Gasteiger partial charge is 0.305 e. The molecule has 3 aromatic rings. The van der Waals surface area contributed by atoms with Gasteiger partial charge in [0.2, 0.25) is 0 Å². The van der Waals surface area contributed by atoms with Gasteiger partial charge in [-0.2, -0.15) is 10.2 Å². The lowest BCUT2D eigenvalue weighted by Gasteiger charge is -2.06. The van der Waals surface area contributed by atoms with Crippen molar-refractivity contribution in [3.63, 3.8) is 0 Å². The maximum absolute atomic E-state index is 12.3. The van der Waals surface area contributed by atoms with E-state index in [0.29, 0.717) is 15.6 Å². The highest BCUT2D eigenvalue weighted by Gasteiger charge is 2.16. The molecule has 0 radical (unpaired) electrons. The zero-order valence-corrected chi connectivity index (χ0v) is 16.5. The normalized spacial score (nSPS) is 10.8. The summed E-state index contributed by atoms with van der Waals surface area (Å²) in [5, 5.41) is 20.8. The maximum Gasteiger partial charge on any atom is 0.305 e. The van der Waals surface area contributed by atoms with Gasteiger partial charge < -0.3 is 10.4 Å². The predicted molar refractivity (Wildman–Crippen MR) is 105 cm³/mol. The zero-order chi connectivity index (χ0) is 20.3. The lowest BCUT2D eigenvalue weighted by Crippen LogP contribution is -2.15. The number of hydrogen-bond acceptors (Lipinski definition) is 4. The minimum atomic E-state index is -0.947. The van der Waals surface area contributed by atoms with E-state index < -0.39 is 11.9 Å². The van der Waals surface area contributed by atoms with Gasteiger partial charge in [0.1, 0.15) is 5.02 Å². The first-order chi connectivity index (χ1) is 13.3. The number of benzene rings is 1. The maximum atomic E-state index is 12.3. The van der Waals surface area contributed by atoms with Crippen LogP contribution in [0, 0.1) is 0 Å². The number of rotatable bonds is 7. The van der Waals surface area contributed by atoms with E-state index >= 15 is 0 Å². The highest BCUT2D eigenvalue weighted by molar-refractivity contribution is 6.36. The number of aromatic nitrogens is 4. The van der Waals surface area contributed by atoms with E-state index in [1.165, 1.54) is 21.6 Å². The standard InChI is InChI=1S/C17H14Cl3N5O3/c18-11-2-1-3-12(19)10(11)8-25-9-13(20)16(23-25)21-17(28)14-4-6-24(22-14)7-5-15(26)27/h1-4,6,9H,5,7-8H2,(H,26,27)(H,21,23,28). The van der Waals surface area contributed by atoms with Crippen LogP contribution in [-0.2, 0) is 17.9 Å². The first-order valence-corrected chi connectivity index (χ1v) is 9.19. The summed E-state index contributed by atoms with van der Waals surface area (Å²) in [7, 11) is 0. The minimum Gasteiger partial charge on any atom is -0.481 e. The van der Waals surface area contributed by atoms with Crippen molar-refractivity contribution < 1.29 is 14.7 Å². The SMILES string of the molecule is O=C(O)CCn1ccc(C(=O)Nc2nn(Cc3c(Cl)cccc3Cl)cc2Cl)n1. The summed E-state index contributed by atoms with van der Waals surface area (Å²) < 4.78 is 2.89. The molecular weight excluding hydrogens is 429 g/mol. The molecule has 1 aromatic carbocycles. The number of nitrogens with zero attached hydrogens (tertiary/aromatic N) is 4. The monoisotopic (exact) mass is 441 g/mol. The average molecular weight is 443 g/mol. The Morgan fingerprint density at radius 3 is 2.43 bits per heavy atom. The third kappa shape index (κ3) is 4.83. The fourth-order valence-electron chi connectivity index (χ4n) is 2.40. The fourth-order valence-corrected chi connectivity index (χ4v) is 3.11. The molecule has 2 heterocycles. The summed E-state index contributed by atoms with van der Waals surface area (Å²) in [5.41, 5.74) is 0.796. The van der Waals surface area contributed by atoms with Gasteiger partial charge in [-0.3, -0.25) is 19.0 Å². The predicted octanol–water partition coefficient (Wildman–Crippen LogP) is 3.82. The van der Waals surface area contributed by atoms with Gasteiger partial charge in [-0.15, -0.1) is 0 Å². The van der Waals surface area contributed by atoms with Crippen LogP contribution in [0.2, 0.25) is 15.1 Å². The van der Waals surface area contributed by atoms with Crippen LogP contribution in [0.3, 0.4) is 0 Å². The Hall–Kier alpha value is -2.55. The van der Waals surface area contributed by atoms with Crippen LogP contribution in [0.15, 0.2) is 36.7 Å². The Morgan fingerprint density at radius 2 is 1.75 bits per heavy atom. The highest BCUT2D eigenvalue weighted by atomic mass is 35.5. The lowest BCUT2D eigenvalue weighted by atomic mass is 10.2. The average Bonchev–Trinajstić information content (AvgIpc) is 3.24. The molecule has 0 fully saturated rings. The van der Waals surface area contributed by atoms with E-state index in [4.69, 9.17) is 39.9 Å². The molecule has 0 spiro atoms. The molecule has 2 N–H and O–H groups in total. The van der Waals surface area contributed by atoms with Crippen molar-refractivity contribution in [1.29, 1.82) is 0 Å². The third-order valence-electron chi connectivity index (χ3n) is 3.76. The summed E-state index contributed by atoms with van der Waals surface area (Å²) in [6.07, 6.45) is 2.98. The first kappa shape index (κ1) is 20.2. The summed E-state index contributed by atoms with van der Waals surface area (Å²) >= 11 is 18.5. The topological polar surface area (TPSA) is 102 Å². The fraction of sp³-hybridized carbons (Fsp3) is 0.176. The van der Waals surface area contributed by atoms with Crippen molar-refractivity contribution >= 4 is 52.5 Å². The van der Waals surface area contributed by atoms with Gasteiger partial charge in [0.25, 0.3) is 5.91 Å². The van der Waals surface area contributed by atoms with Gasteiger partial charge in [-0.1, -0.05) is 40.9 Å². The van der Waals surface area contributed by atoms with Crippen molar-refractivity contribution in [3.05, 3.63) is 63.0 Å². The molecule has 0 bridgehead atoms. The van der Waals surface area contributed by atoms with E-state index in [2.05, 4.69) is 15.5 Å². The van der Waals surface area contributed by atoms with Crippen LogP contribution in [0.25, 0.3) is 0 Å². The van der Waals surface area contributed by atoms with Crippen LogP contribution in [0.5, 0.6) is 0 Å². The number of aliphatic carboxylic acids is 1. The number of halogens is 3. The quantitative estimate of drug-likeness (QED) is 0.579. The molecule has 28 heavy (non-hydrogen) atoms. The van der Waals surface area contributed by atoms with Crippen LogP contribution in [0.1, 0.15) is 22.5 Å². The molecule has 8 nitrogen and oxygen atoms in total. The van der Waals surface area contributed by atoms with E-state index in [9.17, 15) is 9.59 Å². The summed E-state index contributed by atoms with van der Waals surface area (Å²) in [6.45, 7) is 0.439. The van der Waals surface area contributed by atoms with Gasteiger partial charge >= 0.3 is 5.97 Å². The second-order valence-corrected chi connectivity index (χ2v) is 7.01. The number of carboxylic acids is 1. The zero-order valence-electron chi connectivity index (χ0n) is 14.3. The molecular formula is C17H14Cl3N5O3. The summed E-state index contributed by atoms with van der Waals surface area (Å²) in [6, 6.07) is 6.66. The second-order valence-electron chi connectivity index (χ2n) is 5.79. The number of carboxylic acid groups (broad SMARTS) is 1. The summed E-state index contributed by atoms with van der Waals surface area (Å²) in [4.78, 5) is 22.9. The van der Waals surface area contributed by atoms with E-state index in [1.54, 1.807) is 24.4 Å². The van der Waals surface area contributed by atoms with Crippen molar-refractivity contribution in [2.45, 2.75) is 19.5 Å². The molecule has 3 rings (SSSR count). The molecule has 0 saturated carbocycles. The van der Waals surface area contributed by atoms with Crippen LogP contribution >= 0.6 is 34.8 Å². The van der Waals surface area contributed by atoms with Crippen molar-refractivity contribution in [2.24, 2.45) is 0 Å². The molecule has 1 amide bonds. The Bertz CT molecular complexity index is 1010. The molecule has 146 valence electrons. The van der Waals surface area contributed by atoms with Gasteiger partial charge in [0.05, 0.1) is 19.5 Å². The van der Waals surface area contributed by atoms with E-state index in [-0.39, 0.29) is 36.0 Å². The molecule has 0 aliphatic heterocycles. The van der Waals surface area contributed by atoms with Gasteiger partial charge in [-0.25, -0.2) is 0 Å². The number of carbonyl (C=O) groups excluding carboxylic acids is 1. The minimum absolute atomic E-state index is 0.0937. The molecule has 0 aliphatic carbocycles. The van der Waals surface area contributed by atoms with Crippen LogP contribution in [0.4, 0.5) is 5.82 Å². The van der Waals surface area contributed by atoms with Crippen LogP contribution < -0.4 is 5.32 Å². The Balaban J connectivity index is 1.70. The van der Waals surface area contributed by atoms with Gasteiger partial charge in [0.15, 0.2) is 11.5 Å². The van der Waals surface area contributed by atoms with Gasteiger partial charge in [-0.05, 0) is 18.2 Å². The lowest BCUT2D eigenvalue weighted by molar-refractivity contribution is -0.137. The van der Waals surface area contributed by atoms with E-state index in [1.807, 2.05) is 0 Å². The molecule has 0 aliphatic rings. The van der Waals surface area contributed by atoms with Crippen molar-refractivity contribution in [2.75, 3.05) is 5.32 Å². The Morgan fingerprint density at radius 1 is 1.04 bits per heavy atom. The number of carbonyl (C=O) groups is 2. The first-order valence-electron chi connectivity index (χ1n) is 8.06. The number of amides is 1. The Labute approximate surface area is 174 Å². The summed E-state index contributed by atoms with van der Waals surface area (Å²) in [5.74, 6) is -1.30. The second kappa shape index (κ2) is 8.64. The molecule has 0 atom stereocenters. The van der Waals surface area contributed by atoms with Crippen molar-refractivity contribution in [1.82, 2.24) is 19.6 Å². The number of aryl methyl sites for hydroxylation is 1.